The fourth-order valence-corrected chi connectivity index (χ4v) is 9.81. The number of pyridine rings is 1. The molecule has 2 aliphatic heterocycles. The van der Waals surface area contributed by atoms with Gasteiger partial charge in [-0.1, -0.05) is 39.0 Å². The molecular formula is C43H49NO17. The normalized spacial score (nSPS) is 35.2. The van der Waals surface area contributed by atoms with Gasteiger partial charge in [-0.3, -0.25) is 33.8 Å². The zero-order chi connectivity index (χ0) is 44.8. The first-order chi connectivity index (χ1) is 28.7. The number of fused-ring (bicyclic) bond motifs is 5. The third kappa shape index (κ3) is 7.70. The van der Waals surface area contributed by atoms with Crippen molar-refractivity contribution in [1.82, 2.24) is 4.98 Å². The van der Waals surface area contributed by atoms with Gasteiger partial charge in [-0.2, -0.15) is 0 Å². The molecule has 328 valence electrons. The smallest absolute Gasteiger partial charge is 0.340 e. The van der Waals surface area contributed by atoms with Crippen molar-refractivity contribution in [2.45, 2.75) is 116 Å². The summed E-state index contributed by atoms with van der Waals surface area (Å²) in [5, 5.41) is 0. The first-order valence-electron chi connectivity index (χ1n) is 19.8. The second kappa shape index (κ2) is 16.9. The highest BCUT2D eigenvalue weighted by molar-refractivity contribution is 5.91. The van der Waals surface area contributed by atoms with Gasteiger partial charge in [0.05, 0.1) is 28.7 Å². The number of nitrogens with zero attached hydrogens (tertiary/aromatic N) is 1. The Bertz CT molecular complexity index is 2110. The third-order valence-corrected chi connectivity index (χ3v) is 12.3. The number of benzene rings is 1. The van der Waals surface area contributed by atoms with Crippen LogP contribution in [0.3, 0.4) is 0 Å². The summed E-state index contributed by atoms with van der Waals surface area (Å²) in [6, 6.07) is 10.7. The number of carbonyl (C=O) groups excluding carboxylic acids is 8. The molecule has 0 radical (unpaired) electrons. The molecule has 4 aliphatic rings. The maximum atomic E-state index is 14.6. The van der Waals surface area contributed by atoms with E-state index in [9.17, 15) is 38.4 Å². The van der Waals surface area contributed by atoms with E-state index < -0.39 is 138 Å². The second-order valence-corrected chi connectivity index (χ2v) is 16.2. The zero-order valence-corrected chi connectivity index (χ0v) is 35.2. The highest BCUT2D eigenvalue weighted by Crippen LogP contribution is 2.69. The minimum absolute atomic E-state index is 0.00246. The van der Waals surface area contributed by atoms with E-state index in [1.54, 1.807) is 25.1 Å². The molecule has 6 rings (SSSR count). The molecule has 0 amide bonds. The molecule has 3 heterocycles. The van der Waals surface area contributed by atoms with E-state index in [0.717, 1.165) is 34.6 Å². The monoisotopic (exact) mass is 851 g/mol. The van der Waals surface area contributed by atoms with Crippen molar-refractivity contribution >= 4 is 47.8 Å². The number of cyclic esters (lactones) is 1. The molecule has 13 atom stereocenters. The number of carbonyl (C=O) groups is 8. The number of hydrogen-bond donors (Lipinski definition) is 0. The van der Waals surface area contributed by atoms with E-state index in [1.807, 2.05) is 0 Å². The summed E-state index contributed by atoms with van der Waals surface area (Å²) in [5.41, 5.74) is -6.29. The second-order valence-electron chi connectivity index (χ2n) is 16.2. The van der Waals surface area contributed by atoms with Crippen LogP contribution in [-0.4, -0.2) is 114 Å². The Labute approximate surface area is 351 Å². The van der Waals surface area contributed by atoms with Gasteiger partial charge in [0.25, 0.3) is 0 Å². The van der Waals surface area contributed by atoms with Gasteiger partial charge in [0.1, 0.15) is 48.1 Å². The number of rotatable bonds is 8. The Balaban J connectivity index is 1.76. The molecule has 0 N–H and O–H groups in total. The third-order valence-electron chi connectivity index (χ3n) is 12.3. The Kier molecular flexibility index (Phi) is 12.3. The lowest BCUT2D eigenvalue weighted by molar-refractivity contribution is -0.348. The summed E-state index contributed by atoms with van der Waals surface area (Å²) >= 11 is 0. The zero-order valence-electron chi connectivity index (χ0n) is 35.2. The summed E-state index contributed by atoms with van der Waals surface area (Å²) in [5.74, 6) is -12.0. The van der Waals surface area contributed by atoms with E-state index in [4.69, 9.17) is 42.6 Å². The van der Waals surface area contributed by atoms with Crippen LogP contribution in [0.5, 0.6) is 0 Å². The molecule has 1 aromatic heterocycles. The number of aromatic nitrogens is 1. The van der Waals surface area contributed by atoms with Crippen LogP contribution < -0.4 is 0 Å². The van der Waals surface area contributed by atoms with Crippen LogP contribution >= 0.6 is 0 Å². The molecule has 1 saturated heterocycles. The molecular weight excluding hydrogens is 802 g/mol. The topological polar surface area (TPSA) is 233 Å². The standard InChI is InChI=1S/C43H49NO17/c1-20-21(2)38(50)59-32-22(3)43-35(56-25(6)47)30(41(9,61-43)18-54-40(52)29-16-13-17-44-31(20)29)33(55-24(5)46)36(57-26(7)48)42(43,19-53-23(4)45)37(58-27(8)49)34(32)60-39(51)28-14-11-10-12-15-28/h10-17,20-22,30,32-37H,18-19H2,1-9H3. The van der Waals surface area contributed by atoms with Crippen molar-refractivity contribution in [3.63, 3.8) is 0 Å². The maximum absolute atomic E-state index is 14.6. The van der Waals surface area contributed by atoms with Crippen LogP contribution in [0.2, 0.25) is 0 Å². The SMILES string of the molecule is CC(=O)OCC12C(OC(C)=O)C(OC(=O)c3ccccc3)C3OC(=O)C(C)C(C)c4ncccc4C(=O)OCC4(C)OC1(C3C)C(OC(C)=O)C4C(OC(C)=O)C2OC(C)=O. The lowest BCUT2D eigenvalue weighted by atomic mass is 9.46. The molecule has 2 aliphatic carbocycles. The molecule has 1 aromatic carbocycles. The number of ether oxygens (including phenoxy) is 9. The first kappa shape index (κ1) is 44.6. The van der Waals surface area contributed by atoms with Crippen molar-refractivity contribution < 1.29 is 81.0 Å². The van der Waals surface area contributed by atoms with Crippen LogP contribution in [0, 0.1) is 23.2 Å². The van der Waals surface area contributed by atoms with Gasteiger partial charge in [0.15, 0.2) is 18.3 Å². The average Bonchev–Trinajstić information content (AvgIpc) is 3.41. The van der Waals surface area contributed by atoms with E-state index in [2.05, 4.69) is 4.98 Å². The van der Waals surface area contributed by atoms with Crippen molar-refractivity contribution in [2.75, 3.05) is 13.2 Å². The van der Waals surface area contributed by atoms with Crippen LogP contribution in [0.25, 0.3) is 0 Å². The average molecular weight is 852 g/mol. The maximum Gasteiger partial charge on any atom is 0.340 e. The Hall–Kier alpha value is -5.91. The lowest BCUT2D eigenvalue weighted by Crippen LogP contribution is -2.84. The molecule has 61 heavy (non-hydrogen) atoms. The van der Waals surface area contributed by atoms with E-state index >= 15 is 0 Å². The summed E-state index contributed by atoms with van der Waals surface area (Å²) in [6.07, 6.45) is -9.24. The summed E-state index contributed by atoms with van der Waals surface area (Å²) in [7, 11) is 0. The molecule has 4 bridgehead atoms. The summed E-state index contributed by atoms with van der Waals surface area (Å²) in [4.78, 5) is 114. The van der Waals surface area contributed by atoms with Crippen LogP contribution in [0.15, 0.2) is 48.7 Å². The van der Waals surface area contributed by atoms with Gasteiger partial charge < -0.3 is 42.6 Å². The van der Waals surface area contributed by atoms with E-state index in [-0.39, 0.29) is 16.8 Å². The molecule has 3 fully saturated rings. The fourth-order valence-electron chi connectivity index (χ4n) is 9.81. The van der Waals surface area contributed by atoms with Crippen LogP contribution in [0.4, 0.5) is 0 Å². The quantitative estimate of drug-likeness (QED) is 0.274. The fraction of sp³-hybridized carbons (Fsp3) is 0.558. The van der Waals surface area contributed by atoms with Gasteiger partial charge in [-0.05, 0) is 31.2 Å². The van der Waals surface area contributed by atoms with Gasteiger partial charge >= 0.3 is 47.8 Å². The Morgan fingerprint density at radius 1 is 0.721 bits per heavy atom. The molecule has 13 unspecified atom stereocenters. The van der Waals surface area contributed by atoms with Crippen LogP contribution in [-0.2, 0) is 71.4 Å². The molecule has 2 aromatic rings. The van der Waals surface area contributed by atoms with E-state index in [1.165, 1.54) is 51.2 Å². The lowest BCUT2D eigenvalue weighted by Gasteiger charge is -2.65. The van der Waals surface area contributed by atoms with Crippen molar-refractivity contribution in [3.05, 3.63) is 65.5 Å². The predicted octanol–water partition coefficient (Wildman–Crippen LogP) is 3.21. The Morgan fingerprint density at radius 3 is 1.90 bits per heavy atom. The van der Waals surface area contributed by atoms with Gasteiger partial charge in [0.2, 0.25) is 0 Å². The Morgan fingerprint density at radius 2 is 1.31 bits per heavy atom. The van der Waals surface area contributed by atoms with Crippen molar-refractivity contribution in [2.24, 2.45) is 23.2 Å². The van der Waals surface area contributed by atoms with Crippen molar-refractivity contribution in [1.29, 1.82) is 0 Å². The molecule has 1 spiro atoms. The summed E-state index contributed by atoms with van der Waals surface area (Å²) in [6.45, 7) is 9.97. The highest BCUT2D eigenvalue weighted by Gasteiger charge is 2.88. The predicted molar refractivity (Wildman–Crippen MR) is 204 cm³/mol. The van der Waals surface area contributed by atoms with Gasteiger partial charge in [-0.25, -0.2) is 9.59 Å². The van der Waals surface area contributed by atoms with Gasteiger partial charge in [0, 0.05) is 52.7 Å². The largest absolute Gasteiger partial charge is 0.465 e. The molecule has 18 heteroatoms. The molecule has 2 saturated carbocycles. The highest BCUT2D eigenvalue weighted by atomic mass is 16.7. The van der Waals surface area contributed by atoms with Gasteiger partial charge in [-0.15, -0.1) is 0 Å². The first-order valence-corrected chi connectivity index (χ1v) is 19.8. The number of hydrogen-bond acceptors (Lipinski definition) is 18. The molecule has 18 nitrogen and oxygen atoms in total. The van der Waals surface area contributed by atoms with Crippen LogP contribution in [0.1, 0.15) is 94.6 Å². The summed E-state index contributed by atoms with van der Waals surface area (Å²) < 4.78 is 56.2. The minimum atomic E-state index is -2.37. The van der Waals surface area contributed by atoms with Crippen molar-refractivity contribution in [3.8, 4) is 0 Å². The minimum Gasteiger partial charge on any atom is -0.465 e. The number of esters is 8. The van der Waals surface area contributed by atoms with E-state index in [0.29, 0.717) is 0 Å².